The second-order valence-electron chi connectivity index (χ2n) is 15.8. The van der Waals surface area contributed by atoms with Crippen molar-refractivity contribution < 1.29 is 0 Å². The maximum atomic E-state index is 9.37. The van der Waals surface area contributed by atoms with Crippen LogP contribution in [0.15, 0.2) is 152 Å². The zero-order valence-corrected chi connectivity index (χ0v) is 30.2. The Bertz CT molecular complexity index is 2480. The summed E-state index contributed by atoms with van der Waals surface area (Å²) in [4.78, 5) is 15.6. The SMILES string of the molecule is N#Cc1ccc(-c2ccc(-c3nc(-c4ccccc4)nc(-c4ccccc4-c4ccc(C56CC7CC(CC(C7)C5)C6)cc4)n3)c(-c3ccccc3)c2)cc1. The number of nitriles is 1. The smallest absolute Gasteiger partial charge is 0.164 e. The topological polar surface area (TPSA) is 62.5 Å². The summed E-state index contributed by atoms with van der Waals surface area (Å²) in [6, 6.07) is 55.1. The van der Waals surface area contributed by atoms with Crippen molar-refractivity contribution >= 4 is 0 Å². The first kappa shape index (κ1) is 32.5. The monoisotopic (exact) mass is 696 g/mol. The van der Waals surface area contributed by atoms with Crippen LogP contribution in [0, 0.1) is 29.1 Å². The third kappa shape index (κ3) is 5.91. The van der Waals surface area contributed by atoms with Gasteiger partial charge in [0.1, 0.15) is 0 Å². The minimum absolute atomic E-state index is 0.368. The Balaban J connectivity index is 1.09. The number of benzene rings is 6. The summed E-state index contributed by atoms with van der Waals surface area (Å²) in [5.74, 6) is 4.66. The molecule has 6 aromatic carbocycles. The molecule has 4 heteroatoms. The van der Waals surface area contributed by atoms with Crippen LogP contribution in [0.5, 0.6) is 0 Å². The highest BCUT2D eigenvalue weighted by molar-refractivity contribution is 5.87. The van der Waals surface area contributed by atoms with E-state index in [1.165, 1.54) is 49.7 Å². The lowest BCUT2D eigenvalue weighted by Crippen LogP contribution is -2.48. The molecule has 0 N–H and O–H groups in total. The van der Waals surface area contributed by atoms with Crippen molar-refractivity contribution in [3.8, 4) is 73.6 Å². The lowest BCUT2D eigenvalue weighted by atomic mass is 9.48. The lowest BCUT2D eigenvalue weighted by molar-refractivity contribution is -0.00518. The molecule has 4 bridgehead atoms. The molecular weight excluding hydrogens is 657 g/mol. The molecule has 11 rings (SSSR count). The number of aromatic nitrogens is 3. The number of hydrogen-bond acceptors (Lipinski definition) is 4. The average Bonchev–Trinajstić information content (AvgIpc) is 3.23. The van der Waals surface area contributed by atoms with Crippen LogP contribution in [0.25, 0.3) is 67.5 Å². The largest absolute Gasteiger partial charge is 0.208 e. The second-order valence-corrected chi connectivity index (χ2v) is 15.8. The highest BCUT2D eigenvalue weighted by Gasteiger charge is 2.51. The Morgan fingerprint density at radius 1 is 0.426 bits per heavy atom. The molecule has 54 heavy (non-hydrogen) atoms. The summed E-state index contributed by atoms with van der Waals surface area (Å²) in [5, 5.41) is 9.37. The molecule has 0 spiro atoms. The van der Waals surface area contributed by atoms with Crippen molar-refractivity contribution in [3.63, 3.8) is 0 Å². The molecule has 1 heterocycles. The van der Waals surface area contributed by atoms with E-state index in [1.807, 2.05) is 48.5 Å². The third-order valence-corrected chi connectivity index (χ3v) is 12.4. The first-order valence-corrected chi connectivity index (χ1v) is 19.3. The van der Waals surface area contributed by atoms with E-state index in [0.717, 1.165) is 62.3 Å². The van der Waals surface area contributed by atoms with Crippen LogP contribution in [0.2, 0.25) is 0 Å². The molecule has 4 aliphatic carbocycles. The van der Waals surface area contributed by atoms with Crippen molar-refractivity contribution in [2.75, 3.05) is 0 Å². The molecule has 260 valence electrons. The van der Waals surface area contributed by atoms with Gasteiger partial charge in [-0.05, 0) is 125 Å². The Morgan fingerprint density at radius 2 is 0.907 bits per heavy atom. The van der Waals surface area contributed by atoms with Crippen LogP contribution >= 0.6 is 0 Å². The van der Waals surface area contributed by atoms with Crippen LogP contribution < -0.4 is 0 Å². The van der Waals surface area contributed by atoms with Crippen molar-refractivity contribution in [2.24, 2.45) is 17.8 Å². The van der Waals surface area contributed by atoms with E-state index in [-0.39, 0.29) is 0 Å². The van der Waals surface area contributed by atoms with E-state index in [4.69, 9.17) is 15.0 Å². The summed E-state index contributed by atoms with van der Waals surface area (Å²) in [6.07, 6.45) is 8.46. The van der Waals surface area contributed by atoms with Gasteiger partial charge < -0.3 is 0 Å². The highest BCUT2D eigenvalue weighted by Crippen LogP contribution is 2.60. The van der Waals surface area contributed by atoms with Crippen molar-refractivity contribution in [3.05, 3.63) is 163 Å². The minimum Gasteiger partial charge on any atom is -0.208 e. The van der Waals surface area contributed by atoms with Crippen molar-refractivity contribution in [1.29, 1.82) is 5.26 Å². The number of nitrogens with zero attached hydrogens (tertiary/aromatic N) is 4. The Labute approximate surface area is 317 Å². The van der Waals surface area contributed by atoms with E-state index < -0.39 is 0 Å². The molecule has 4 nitrogen and oxygen atoms in total. The second kappa shape index (κ2) is 13.3. The number of rotatable bonds is 7. The Kier molecular flexibility index (Phi) is 8.02. The molecule has 0 unspecified atom stereocenters. The maximum absolute atomic E-state index is 9.37. The van der Waals surface area contributed by atoms with E-state index >= 15 is 0 Å². The predicted octanol–water partition coefficient (Wildman–Crippen LogP) is 12.2. The molecule has 0 aliphatic heterocycles. The van der Waals surface area contributed by atoms with Gasteiger partial charge in [-0.25, -0.2) is 15.0 Å². The van der Waals surface area contributed by atoms with Crippen LogP contribution in [0.4, 0.5) is 0 Å². The molecule has 7 aromatic rings. The quantitative estimate of drug-likeness (QED) is 0.166. The van der Waals surface area contributed by atoms with Gasteiger partial charge in [0.15, 0.2) is 17.5 Å². The van der Waals surface area contributed by atoms with Crippen LogP contribution in [0.3, 0.4) is 0 Å². The number of hydrogen-bond donors (Lipinski definition) is 0. The highest BCUT2D eigenvalue weighted by atomic mass is 15.0. The molecule has 0 amide bonds. The van der Waals surface area contributed by atoms with E-state index in [0.29, 0.717) is 28.5 Å². The Morgan fingerprint density at radius 3 is 1.52 bits per heavy atom. The van der Waals surface area contributed by atoms with Crippen molar-refractivity contribution in [2.45, 2.75) is 43.9 Å². The first-order chi connectivity index (χ1) is 26.6. The molecule has 0 atom stereocenters. The van der Waals surface area contributed by atoms with E-state index in [1.54, 1.807) is 0 Å². The van der Waals surface area contributed by atoms with Gasteiger partial charge in [-0.15, -0.1) is 0 Å². The van der Waals surface area contributed by atoms with Gasteiger partial charge in [-0.3, -0.25) is 0 Å². The molecule has 4 fully saturated rings. The van der Waals surface area contributed by atoms with E-state index in [2.05, 4.69) is 109 Å². The maximum Gasteiger partial charge on any atom is 0.164 e. The molecular formula is C50H40N4. The van der Waals surface area contributed by atoms with Gasteiger partial charge in [-0.1, -0.05) is 127 Å². The van der Waals surface area contributed by atoms with Crippen LogP contribution in [-0.2, 0) is 5.41 Å². The summed E-state index contributed by atoms with van der Waals surface area (Å²) in [5.41, 5.74) is 11.9. The van der Waals surface area contributed by atoms with Gasteiger partial charge in [0, 0.05) is 16.7 Å². The third-order valence-electron chi connectivity index (χ3n) is 12.4. The minimum atomic E-state index is 0.368. The molecule has 1 aromatic heterocycles. The zero-order chi connectivity index (χ0) is 36.1. The van der Waals surface area contributed by atoms with Gasteiger partial charge in [0.2, 0.25) is 0 Å². The van der Waals surface area contributed by atoms with E-state index in [9.17, 15) is 5.26 Å². The van der Waals surface area contributed by atoms with Crippen molar-refractivity contribution in [1.82, 2.24) is 15.0 Å². The summed E-state index contributed by atoms with van der Waals surface area (Å²) in [7, 11) is 0. The molecule has 4 saturated carbocycles. The van der Waals surface area contributed by atoms with Gasteiger partial charge in [-0.2, -0.15) is 5.26 Å². The lowest BCUT2D eigenvalue weighted by Gasteiger charge is -2.57. The summed E-state index contributed by atoms with van der Waals surface area (Å²) < 4.78 is 0. The standard InChI is InChI=1S/C50H40N4/c51-32-33-15-17-37(18-16-33)41-21-24-45(46(28-41)38-9-3-1-4-10-38)49-53-47(40-11-5-2-6-12-40)52-48(54-49)44-14-8-7-13-43(44)39-19-22-42(23-20-39)50-29-34-25-35(30-50)27-36(26-34)31-50/h1-24,28,34-36H,25-27,29-31H2. The van der Waals surface area contributed by atoms with Crippen LogP contribution in [0.1, 0.15) is 49.7 Å². The molecule has 0 saturated heterocycles. The molecule has 4 aliphatic rings. The van der Waals surface area contributed by atoms with Gasteiger partial charge in [0.25, 0.3) is 0 Å². The average molecular weight is 697 g/mol. The van der Waals surface area contributed by atoms with Gasteiger partial charge in [0.05, 0.1) is 11.6 Å². The first-order valence-electron chi connectivity index (χ1n) is 19.3. The summed E-state index contributed by atoms with van der Waals surface area (Å²) in [6.45, 7) is 0. The normalized spacial score (nSPS) is 21.1. The Hall–Kier alpha value is -6.18. The fourth-order valence-electron chi connectivity index (χ4n) is 10.2. The van der Waals surface area contributed by atoms with Crippen LogP contribution in [-0.4, -0.2) is 15.0 Å². The fraction of sp³-hybridized carbons (Fsp3) is 0.200. The fourth-order valence-corrected chi connectivity index (χ4v) is 10.2. The predicted molar refractivity (Wildman–Crippen MR) is 217 cm³/mol. The summed E-state index contributed by atoms with van der Waals surface area (Å²) >= 11 is 0. The zero-order valence-electron chi connectivity index (χ0n) is 30.2. The molecule has 0 radical (unpaired) electrons. The van der Waals surface area contributed by atoms with Gasteiger partial charge >= 0.3 is 0 Å².